The molecule has 0 aromatic rings. The van der Waals surface area contributed by atoms with Gasteiger partial charge in [0.05, 0.1) is 5.25 Å². The van der Waals surface area contributed by atoms with E-state index in [0.717, 1.165) is 77.4 Å². The van der Waals surface area contributed by atoms with Crippen molar-refractivity contribution in [1.29, 1.82) is 0 Å². The quantitative estimate of drug-likeness (QED) is 0.526. The molecule has 3 fully saturated rings. The Morgan fingerprint density at radius 3 is 2.24 bits per heavy atom. The van der Waals surface area contributed by atoms with Crippen LogP contribution >= 0.6 is 0 Å². The maximum Gasteiger partial charge on any atom is 0.225 e. The number of nitrogens with zero attached hydrogens (tertiary/aromatic N) is 1. The minimum atomic E-state index is -2.96. The summed E-state index contributed by atoms with van der Waals surface area (Å²) in [6.45, 7) is 6.64. The molecule has 3 rings (SSSR count). The molecule has 2 aliphatic carbocycles. The Labute approximate surface area is 200 Å². The first-order chi connectivity index (χ1) is 15.8. The summed E-state index contributed by atoms with van der Waals surface area (Å²) in [7, 11) is -2.96. The predicted octanol–water partition coefficient (Wildman–Crippen LogP) is 3.04. The number of hydrogen-bond acceptors (Lipinski definition) is 5. The fourth-order valence-corrected chi connectivity index (χ4v) is 7.47. The monoisotopic (exact) mass is 483 g/mol. The minimum absolute atomic E-state index is 0.0856. The van der Waals surface area contributed by atoms with Crippen LogP contribution < -0.4 is 10.6 Å². The number of nitrogens with one attached hydrogen (secondary N) is 2. The van der Waals surface area contributed by atoms with E-state index in [1.807, 2.05) is 0 Å². The van der Waals surface area contributed by atoms with Crippen LogP contribution in [-0.4, -0.2) is 67.9 Å². The van der Waals surface area contributed by atoms with Gasteiger partial charge in [0.1, 0.15) is 0 Å². The van der Waals surface area contributed by atoms with Crippen LogP contribution in [-0.2, 0) is 19.4 Å². The summed E-state index contributed by atoms with van der Waals surface area (Å²) in [5.41, 5.74) is 0. The number of piperidine rings is 1. The second-order valence-corrected chi connectivity index (χ2v) is 13.0. The average Bonchev–Trinajstić information content (AvgIpc) is 2.83. The van der Waals surface area contributed by atoms with Crippen molar-refractivity contribution in [2.75, 3.05) is 25.4 Å². The molecule has 7 nitrogen and oxygen atoms in total. The van der Waals surface area contributed by atoms with Crippen LogP contribution in [0, 0.1) is 11.8 Å². The van der Waals surface area contributed by atoms with E-state index in [0.29, 0.717) is 31.2 Å². The van der Waals surface area contributed by atoms with Crippen LogP contribution in [0.25, 0.3) is 0 Å². The first-order valence-corrected chi connectivity index (χ1v) is 15.1. The summed E-state index contributed by atoms with van der Waals surface area (Å²) in [6, 6.07) is 0.486. The molecule has 33 heavy (non-hydrogen) atoms. The molecule has 2 amide bonds. The van der Waals surface area contributed by atoms with Crippen LogP contribution in [0.3, 0.4) is 0 Å². The summed E-state index contributed by atoms with van der Waals surface area (Å²) < 4.78 is 24.2. The molecule has 3 aliphatic rings. The molecule has 2 saturated carbocycles. The molecule has 2 N–H and O–H groups in total. The van der Waals surface area contributed by atoms with E-state index in [-0.39, 0.29) is 34.8 Å². The average molecular weight is 484 g/mol. The SMILES string of the molecule is CCCN(C(=O)C1CCC(NC(=O)CC2CCC(S(=O)(=O)CC)CC2)CC1)C1CCCNC1. The fourth-order valence-electron chi connectivity index (χ4n) is 6.01. The van der Waals surface area contributed by atoms with Crippen molar-refractivity contribution in [1.82, 2.24) is 15.5 Å². The topological polar surface area (TPSA) is 95.6 Å². The van der Waals surface area contributed by atoms with Gasteiger partial charge in [0.15, 0.2) is 9.84 Å². The zero-order valence-corrected chi connectivity index (χ0v) is 21.5. The smallest absolute Gasteiger partial charge is 0.225 e. The second-order valence-electron chi connectivity index (χ2n) is 10.4. The Morgan fingerprint density at radius 1 is 0.970 bits per heavy atom. The maximum atomic E-state index is 13.3. The normalized spacial score (nSPS) is 31.0. The molecular formula is C25H45N3O4S. The first kappa shape index (κ1) is 26.5. The Bertz CT molecular complexity index is 735. The van der Waals surface area contributed by atoms with Gasteiger partial charge < -0.3 is 15.5 Å². The van der Waals surface area contributed by atoms with Gasteiger partial charge in [-0.25, -0.2) is 8.42 Å². The highest BCUT2D eigenvalue weighted by Gasteiger charge is 2.34. The molecule has 0 bridgehead atoms. The van der Waals surface area contributed by atoms with Crippen LogP contribution in [0.15, 0.2) is 0 Å². The third-order valence-electron chi connectivity index (χ3n) is 8.08. The molecule has 0 aromatic carbocycles. The Balaban J connectivity index is 1.40. The molecule has 1 unspecified atom stereocenters. The highest BCUT2D eigenvalue weighted by atomic mass is 32.2. The van der Waals surface area contributed by atoms with Gasteiger partial charge in [-0.05, 0) is 83.1 Å². The van der Waals surface area contributed by atoms with Crippen LogP contribution in [0.1, 0.15) is 90.9 Å². The zero-order chi connectivity index (χ0) is 23.8. The van der Waals surface area contributed by atoms with E-state index in [1.165, 1.54) is 0 Å². The van der Waals surface area contributed by atoms with Gasteiger partial charge in [0.25, 0.3) is 0 Å². The molecule has 1 saturated heterocycles. The lowest BCUT2D eigenvalue weighted by Gasteiger charge is -2.38. The van der Waals surface area contributed by atoms with E-state index < -0.39 is 9.84 Å². The lowest BCUT2D eigenvalue weighted by molar-refractivity contribution is -0.139. The van der Waals surface area contributed by atoms with Gasteiger partial charge in [-0.3, -0.25) is 9.59 Å². The number of sulfone groups is 1. The number of rotatable bonds is 9. The molecule has 1 aliphatic heterocycles. The van der Waals surface area contributed by atoms with E-state index in [4.69, 9.17) is 0 Å². The van der Waals surface area contributed by atoms with Gasteiger partial charge in [-0.1, -0.05) is 13.8 Å². The molecule has 0 spiro atoms. The van der Waals surface area contributed by atoms with E-state index in [2.05, 4.69) is 22.5 Å². The Kier molecular flexibility index (Phi) is 10.0. The molecular weight excluding hydrogens is 438 g/mol. The van der Waals surface area contributed by atoms with Crippen molar-refractivity contribution in [2.24, 2.45) is 11.8 Å². The van der Waals surface area contributed by atoms with Gasteiger partial charge in [0, 0.05) is 43.3 Å². The molecule has 190 valence electrons. The van der Waals surface area contributed by atoms with Gasteiger partial charge >= 0.3 is 0 Å². The number of hydrogen-bond donors (Lipinski definition) is 2. The van der Waals surface area contributed by atoms with Crippen LogP contribution in [0.2, 0.25) is 0 Å². The molecule has 0 aromatic heterocycles. The van der Waals surface area contributed by atoms with E-state index in [1.54, 1.807) is 6.92 Å². The van der Waals surface area contributed by atoms with Crippen molar-refractivity contribution >= 4 is 21.7 Å². The van der Waals surface area contributed by atoms with E-state index in [9.17, 15) is 18.0 Å². The molecule has 1 heterocycles. The maximum absolute atomic E-state index is 13.3. The van der Waals surface area contributed by atoms with Crippen LogP contribution in [0.4, 0.5) is 0 Å². The number of carbonyl (C=O) groups is 2. The standard InChI is InChI=1S/C25H45N3O4S/c1-3-16-28(22-6-5-15-26-18-22)25(30)20-9-11-21(12-10-20)27-24(29)17-19-7-13-23(14-8-19)33(31,32)4-2/h19-23,26H,3-18H2,1-2H3,(H,27,29). The summed E-state index contributed by atoms with van der Waals surface area (Å²) in [4.78, 5) is 28.0. The molecule has 1 atom stereocenters. The third-order valence-corrected chi connectivity index (χ3v) is 10.4. The van der Waals surface area contributed by atoms with Crippen molar-refractivity contribution in [2.45, 2.75) is 108 Å². The van der Waals surface area contributed by atoms with Gasteiger partial charge in [0.2, 0.25) is 11.8 Å². The van der Waals surface area contributed by atoms with Crippen molar-refractivity contribution in [3.63, 3.8) is 0 Å². The van der Waals surface area contributed by atoms with Crippen LogP contribution in [0.5, 0.6) is 0 Å². The zero-order valence-electron chi connectivity index (χ0n) is 20.7. The van der Waals surface area contributed by atoms with Crippen molar-refractivity contribution in [3.05, 3.63) is 0 Å². The number of carbonyl (C=O) groups excluding carboxylic acids is 2. The molecule has 0 radical (unpaired) electrons. The summed E-state index contributed by atoms with van der Waals surface area (Å²) in [5, 5.41) is 6.42. The highest BCUT2D eigenvalue weighted by molar-refractivity contribution is 7.92. The lowest BCUT2D eigenvalue weighted by atomic mass is 9.83. The molecule has 8 heteroatoms. The lowest BCUT2D eigenvalue weighted by Crippen LogP contribution is -2.51. The van der Waals surface area contributed by atoms with Gasteiger partial charge in [-0.2, -0.15) is 0 Å². The predicted molar refractivity (Wildman–Crippen MR) is 132 cm³/mol. The van der Waals surface area contributed by atoms with Crippen molar-refractivity contribution in [3.8, 4) is 0 Å². The Hall–Kier alpha value is -1.15. The highest BCUT2D eigenvalue weighted by Crippen LogP contribution is 2.32. The largest absolute Gasteiger partial charge is 0.353 e. The fraction of sp³-hybridized carbons (Fsp3) is 0.920. The number of amides is 2. The van der Waals surface area contributed by atoms with Gasteiger partial charge in [-0.15, -0.1) is 0 Å². The summed E-state index contributed by atoms with van der Waals surface area (Å²) >= 11 is 0. The van der Waals surface area contributed by atoms with Crippen molar-refractivity contribution < 1.29 is 18.0 Å². The Morgan fingerprint density at radius 2 is 1.67 bits per heavy atom. The summed E-state index contributed by atoms with van der Waals surface area (Å²) in [5.74, 6) is 0.990. The minimum Gasteiger partial charge on any atom is -0.353 e. The van der Waals surface area contributed by atoms with E-state index >= 15 is 0 Å². The third kappa shape index (κ3) is 7.41. The first-order valence-electron chi connectivity index (χ1n) is 13.4. The summed E-state index contributed by atoms with van der Waals surface area (Å²) in [6.07, 6.45) is 10.2. The second kappa shape index (κ2) is 12.5.